The van der Waals surface area contributed by atoms with Crippen LogP contribution < -0.4 is 5.32 Å². The standard InChI is InChI=1S/C24H28F2N4O3/c1-14(32)27-12-20(33)30(9-10-31)13-24-8-7-16(23(24,2)3)15-11-19(28-29-22(15)24)21-17(25)5-4-6-18(21)26/h4-6,11,16,31H,7-10,12-13H2,1-3H3,(H,27,32)/t16-,24?/m0/s1. The van der Waals surface area contributed by atoms with Gasteiger partial charge in [0.1, 0.15) is 11.6 Å². The Morgan fingerprint density at radius 1 is 1.24 bits per heavy atom. The number of amides is 2. The molecule has 7 nitrogen and oxygen atoms in total. The Morgan fingerprint density at radius 3 is 2.58 bits per heavy atom. The van der Waals surface area contributed by atoms with E-state index in [1.807, 2.05) is 0 Å². The summed E-state index contributed by atoms with van der Waals surface area (Å²) < 4.78 is 28.7. The van der Waals surface area contributed by atoms with Crippen molar-refractivity contribution in [3.63, 3.8) is 0 Å². The van der Waals surface area contributed by atoms with E-state index in [0.717, 1.165) is 24.1 Å². The minimum absolute atomic E-state index is 0.0954. The number of rotatable bonds is 7. The lowest BCUT2D eigenvalue weighted by Crippen LogP contribution is -2.51. The Balaban J connectivity index is 1.73. The number of hydrogen-bond donors (Lipinski definition) is 2. The second-order valence-corrected chi connectivity index (χ2v) is 9.47. The maximum atomic E-state index is 14.4. The number of benzene rings is 1. The van der Waals surface area contributed by atoms with E-state index in [0.29, 0.717) is 6.54 Å². The highest BCUT2D eigenvalue weighted by Gasteiger charge is 2.64. The molecule has 2 amide bonds. The largest absolute Gasteiger partial charge is 0.395 e. The molecule has 2 aliphatic rings. The van der Waals surface area contributed by atoms with Crippen LogP contribution in [0.15, 0.2) is 24.3 Å². The van der Waals surface area contributed by atoms with Crippen LogP contribution in [0.1, 0.15) is 50.8 Å². The zero-order valence-electron chi connectivity index (χ0n) is 19.0. The minimum Gasteiger partial charge on any atom is -0.395 e. The maximum absolute atomic E-state index is 14.4. The number of fused-ring (bicyclic) bond motifs is 5. The number of carbonyl (C=O) groups excluding carboxylic acids is 2. The number of aliphatic hydroxyl groups excluding tert-OH is 1. The number of nitrogens with one attached hydrogen (secondary N) is 1. The van der Waals surface area contributed by atoms with E-state index in [9.17, 15) is 23.5 Å². The van der Waals surface area contributed by atoms with Crippen molar-refractivity contribution in [2.75, 3.05) is 26.2 Å². The smallest absolute Gasteiger partial charge is 0.242 e. The van der Waals surface area contributed by atoms with Gasteiger partial charge in [-0.05, 0) is 47.9 Å². The van der Waals surface area contributed by atoms with Gasteiger partial charge in [-0.25, -0.2) is 8.78 Å². The molecule has 0 saturated heterocycles. The van der Waals surface area contributed by atoms with Crippen molar-refractivity contribution in [1.29, 1.82) is 0 Å². The number of halogens is 2. The van der Waals surface area contributed by atoms with E-state index in [4.69, 9.17) is 0 Å². The van der Waals surface area contributed by atoms with Crippen molar-refractivity contribution in [3.8, 4) is 11.3 Å². The number of aliphatic hydroxyl groups is 1. The molecule has 1 saturated carbocycles. The highest BCUT2D eigenvalue weighted by atomic mass is 19.1. The van der Waals surface area contributed by atoms with Crippen molar-refractivity contribution in [2.45, 2.75) is 44.9 Å². The fraction of sp³-hybridized carbons (Fsp3) is 0.500. The second-order valence-electron chi connectivity index (χ2n) is 9.47. The molecule has 1 unspecified atom stereocenters. The van der Waals surface area contributed by atoms with Gasteiger partial charge >= 0.3 is 0 Å². The molecular weight excluding hydrogens is 430 g/mol. The molecule has 2 aromatic rings. The van der Waals surface area contributed by atoms with Crippen LogP contribution >= 0.6 is 0 Å². The van der Waals surface area contributed by atoms with Crippen molar-refractivity contribution in [3.05, 3.63) is 47.2 Å². The predicted molar refractivity (Wildman–Crippen MR) is 117 cm³/mol. The predicted octanol–water partition coefficient (Wildman–Crippen LogP) is 2.53. The third-order valence-electron chi connectivity index (χ3n) is 7.51. The summed E-state index contributed by atoms with van der Waals surface area (Å²) in [7, 11) is 0. The summed E-state index contributed by atoms with van der Waals surface area (Å²) in [6, 6.07) is 5.42. The van der Waals surface area contributed by atoms with Gasteiger partial charge in [-0.2, -0.15) is 10.2 Å². The summed E-state index contributed by atoms with van der Waals surface area (Å²) in [5.41, 5.74) is 0.773. The van der Waals surface area contributed by atoms with Gasteiger partial charge in [0.2, 0.25) is 11.8 Å². The van der Waals surface area contributed by atoms with Gasteiger partial charge in [-0.15, -0.1) is 0 Å². The molecule has 4 rings (SSSR count). The fourth-order valence-corrected chi connectivity index (χ4v) is 5.69. The van der Waals surface area contributed by atoms with E-state index in [1.54, 1.807) is 11.0 Å². The Bertz CT molecular complexity index is 1090. The van der Waals surface area contributed by atoms with Gasteiger partial charge in [0.15, 0.2) is 0 Å². The molecule has 176 valence electrons. The van der Waals surface area contributed by atoms with Crippen LogP contribution in [-0.4, -0.2) is 58.3 Å². The van der Waals surface area contributed by atoms with Gasteiger partial charge in [0, 0.05) is 25.4 Å². The zero-order valence-corrected chi connectivity index (χ0v) is 19.0. The number of nitrogens with zero attached hydrogens (tertiary/aromatic N) is 3. The third-order valence-corrected chi connectivity index (χ3v) is 7.51. The molecule has 1 fully saturated rings. The van der Waals surface area contributed by atoms with E-state index >= 15 is 0 Å². The van der Waals surface area contributed by atoms with Gasteiger partial charge in [0.25, 0.3) is 0 Å². The molecule has 1 heterocycles. The molecule has 2 bridgehead atoms. The van der Waals surface area contributed by atoms with Crippen LogP contribution in [0.4, 0.5) is 8.78 Å². The Hall–Kier alpha value is -2.94. The van der Waals surface area contributed by atoms with Crippen LogP contribution in [0.5, 0.6) is 0 Å². The van der Waals surface area contributed by atoms with E-state index in [-0.39, 0.29) is 54.1 Å². The van der Waals surface area contributed by atoms with Crippen LogP contribution in [0.25, 0.3) is 11.3 Å². The number of hydrogen-bond acceptors (Lipinski definition) is 5. The summed E-state index contributed by atoms with van der Waals surface area (Å²) in [5, 5.41) is 20.7. The maximum Gasteiger partial charge on any atom is 0.242 e. The van der Waals surface area contributed by atoms with Crippen molar-refractivity contribution in [2.24, 2.45) is 5.41 Å². The Labute approximate surface area is 191 Å². The molecule has 2 aliphatic carbocycles. The summed E-state index contributed by atoms with van der Waals surface area (Å²) in [6.07, 6.45) is 1.62. The molecule has 0 spiro atoms. The van der Waals surface area contributed by atoms with Gasteiger partial charge in [-0.3, -0.25) is 9.59 Å². The first-order valence-corrected chi connectivity index (χ1v) is 11.1. The number of carbonyl (C=O) groups is 2. The summed E-state index contributed by atoms with van der Waals surface area (Å²) in [4.78, 5) is 25.6. The highest BCUT2D eigenvalue weighted by Crippen LogP contribution is 2.67. The average Bonchev–Trinajstić information content (AvgIpc) is 3.11. The first-order chi connectivity index (χ1) is 15.6. The average molecular weight is 459 g/mol. The molecule has 2 N–H and O–H groups in total. The highest BCUT2D eigenvalue weighted by molar-refractivity contribution is 5.83. The molecule has 9 heteroatoms. The van der Waals surface area contributed by atoms with E-state index in [2.05, 4.69) is 29.4 Å². The van der Waals surface area contributed by atoms with Gasteiger partial charge in [0.05, 0.1) is 30.1 Å². The summed E-state index contributed by atoms with van der Waals surface area (Å²) >= 11 is 0. The lowest BCUT2D eigenvalue weighted by Gasteiger charge is -2.41. The van der Waals surface area contributed by atoms with Crippen LogP contribution in [0.2, 0.25) is 0 Å². The van der Waals surface area contributed by atoms with E-state index in [1.165, 1.54) is 25.1 Å². The summed E-state index contributed by atoms with van der Waals surface area (Å²) in [5.74, 6) is -1.90. The molecule has 1 aromatic heterocycles. The minimum atomic E-state index is -0.695. The SMILES string of the molecule is CC(=O)NCC(=O)N(CCO)CC12CC[C@@H](c3cc(-c4c(F)cccc4F)nnc31)C2(C)C. The molecule has 33 heavy (non-hydrogen) atoms. The quantitative estimate of drug-likeness (QED) is 0.665. The van der Waals surface area contributed by atoms with Crippen LogP contribution in [0.3, 0.4) is 0 Å². The first-order valence-electron chi connectivity index (χ1n) is 11.1. The van der Waals surface area contributed by atoms with Gasteiger partial charge in [-0.1, -0.05) is 19.9 Å². The normalized spacial score (nSPS) is 22.2. The van der Waals surface area contributed by atoms with Crippen molar-refractivity contribution in [1.82, 2.24) is 20.4 Å². The van der Waals surface area contributed by atoms with Crippen LogP contribution in [0, 0.1) is 17.0 Å². The molecule has 0 aliphatic heterocycles. The Kier molecular flexibility index (Phi) is 5.94. The van der Waals surface area contributed by atoms with E-state index < -0.39 is 17.0 Å². The van der Waals surface area contributed by atoms with Gasteiger partial charge < -0.3 is 15.3 Å². The summed E-state index contributed by atoms with van der Waals surface area (Å²) in [6.45, 7) is 5.64. The third kappa shape index (κ3) is 3.68. The van der Waals surface area contributed by atoms with Crippen LogP contribution in [-0.2, 0) is 15.0 Å². The lowest BCUT2D eigenvalue weighted by atomic mass is 9.68. The molecule has 1 aromatic carbocycles. The lowest BCUT2D eigenvalue weighted by molar-refractivity contribution is -0.134. The van der Waals surface area contributed by atoms with Crippen molar-refractivity contribution < 1.29 is 23.5 Å². The second kappa shape index (κ2) is 8.44. The monoisotopic (exact) mass is 458 g/mol. The fourth-order valence-electron chi connectivity index (χ4n) is 5.69. The van der Waals surface area contributed by atoms with Crippen molar-refractivity contribution >= 4 is 11.8 Å². The topological polar surface area (TPSA) is 95.4 Å². The Morgan fingerprint density at radius 2 is 1.94 bits per heavy atom. The zero-order chi connectivity index (χ0) is 24.0. The molecule has 2 atom stereocenters. The first kappa shape index (κ1) is 23.2. The molecular formula is C24H28F2N4O3. The number of aromatic nitrogens is 2. The molecule has 0 radical (unpaired) electrons.